The Morgan fingerprint density at radius 2 is 2.07 bits per heavy atom. The number of furan rings is 1. The van der Waals surface area contributed by atoms with Gasteiger partial charge in [-0.2, -0.15) is 5.10 Å². The van der Waals surface area contributed by atoms with Gasteiger partial charge in [0.15, 0.2) is 12.8 Å². The summed E-state index contributed by atoms with van der Waals surface area (Å²) in [4.78, 5) is 12.8. The molecule has 7 nitrogen and oxygen atoms in total. The zero-order chi connectivity index (χ0) is 19.5. The van der Waals surface area contributed by atoms with Crippen molar-refractivity contribution in [3.63, 3.8) is 0 Å². The Hall–Kier alpha value is -3.32. The number of carbonyl (C=O) groups excluding carboxylic acids is 1. The first-order valence-electron chi connectivity index (χ1n) is 8.61. The highest BCUT2D eigenvalue weighted by Gasteiger charge is 2.35. The predicted molar refractivity (Wildman–Crippen MR) is 102 cm³/mol. The molecule has 28 heavy (non-hydrogen) atoms. The van der Waals surface area contributed by atoms with Crippen LogP contribution in [0.15, 0.2) is 76.6 Å². The van der Waals surface area contributed by atoms with Gasteiger partial charge in [0, 0.05) is 17.5 Å². The highest BCUT2D eigenvalue weighted by Crippen LogP contribution is 2.33. The molecule has 8 heteroatoms. The Balaban J connectivity index is 1.56. The summed E-state index contributed by atoms with van der Waals surface area (Å²) in [5.74, 6) is 0.292. The Bertz CT molecular complexity index is 1000. The summed E-state index contributed by atoms with van der Waals surface area (Å²) in [7, 11) is 0. The van der Waals surface area contributed by atoms with Crippen LogP contribution in [-0.2, 0) is 4.79 Å². The summed E-state index contributed by atoms with van der Waals surface area (Å²) in [6.07, 6.45) is 3.35. The fourth-order valence-corrected chi connectivity index (χ4v) is 3.11. The zero-order valence-electron chi connectivity index (χ0n) is 14.7. The van der Waals surface area contributed by atoms with E-state index in [9.17, 15) is 10.0 Å². The van der Waals surface area contributed by atoms with Gasteiger partial charge in [-0.15, -0.1) is 4.73 Å². The van der Waals surface area contributed by atoms with Crippen LogP contribution < -0.4 is 9.47 Å². The molecule has 0 aliphatic carbocycles. The van der Waals surface area contributed by atoms with E-state index in [4.69, 9.17) is 20.8 Å². The normalized spacial score (nSPS) is 16.1. The zero-order valence-corrected chi connectivity index (χ0v) is 15.5. The smallest absolute Gasteiger partial charge is 0.379 e. The fraction of sp³-hybridized carbons (Fsp3) is 0.150. The number of rotatable bonds is 5. The van der Waals surface area contributed by atoms with E-state index in [1.165, 1.54) is 17.3 Å². The molecule has 1 aliphatic rings. The molecule has 0 saturated carbocycles. The molecule has 1 aromatic carbocycles. The number of hydrogen-bond donors (Lipinski definition) is 0. The van der Waals surface area contributed by atoms with Gasteiger partial charge in [-0.05, 0) is 35.9 Å². The topological polar surface area (TPSA) is 82.0 Å². The van der Waals surface area contributed by atoms with Crippen molar-refractivity contribution in [2.45, 2.75) is 12.5 Å². The third kappa shape index (κ3) is 3.70. The summed E-state index contributed by atoms with van der Waals surface area (Å²) in [6.45, 7) is -0.319. The molecule has 0 bridgehead atoms. The SMILES string of the molecule is O=C(COc1cccc[n+]1[O-])N1N=C(c2ccc(Cl)cc2)CC1c1ccco1. The van der Waals surface area contributed by atoms with Gasteiger partial charge in [-0.25, -0.2) is 5.01 Å². The van der Waals surface area contributed by atoms with Crippen LogP contribution >= 0.6 is 11.6 Å². The van der Waals surface area contributed by atoms with E-state index in [0.29, 0.717) is 21.9 Å². The van der Waals surface area contributed by atoms with Crippen LogP contribution in [-0.4, -0.2) is 23.2 Å². The molecule has 1 aliphatic heterocycles. The summed E-state index contributed by atoms with van der Waals surface area (Å²) < 4.78 is 11.4. The van der Waals surface area contributed by atoms with E-state index < -0.39 is 0 Å². The van der Waals surface area contributed by atoms with E-state index >= 15 is 0 Å². The number of carbonyl (C=O) groups is 1. The number of benzene rings is 1. The van der Waals surface area contributed by atoms with Crippen LogP contribution in [0.5, 0.6) is 5.88 Å². The van der Waals surface area contributed by atoms with Gasteiger partial charge in [-0.1, -0.05) is 23.7 Å². The lowest BCUT2D eigenvalue weighted by atomic mass is 10.0. The molecule has 4 rings (SSSR count). The van der Waals surface area contributed by atoms with Crippen molar-refractivity contribution in [2.75, 3.05) is 6.61 Å². The highest BCUT2D eigenvalue weighted by molar-refractivity contribution is 6.30. The molecule has 0 saturated heterocycles. The van der Waals surface area contributed by atoms with Crippen LogP contribution in [0.1, 0.15) is 23.8 Å². The van der Waals surface area contributed by atoms with E-state index in [2.05, 4.69) is 5.10 Å². The van der Waals surface area contributed by atoms with Gasteiger partial charge >= 0.3 is 5.88 Å². The first-order chi connectivity index (χ1) is 13.6. The third-order valence-corrected chi connectivity index (χ3v) is 4.60. The molecule has 1 amide bonds. The average Bonchev–Trinajstić information content (AvgIpc) is 3.37. The van der Waals surface area contributed by atoms with Gasteiger partial charge in [0.2, 0.25) is 0 Å². The minimum absolute atomic E-state index is 0.0477. The highest BCUT2D eigenvalue weighted by atomic mass is 35.5. The first kappa shape index (κ1) is 18.1. The second kappa shape index (κ2) is 7.74. The number of amides is 1. The molecule has 0 radical (unpaired) electrons. The lowest BCUT2D eigenvalue weighted by Gasteiger charge is -2.19. The standard InChI is InChI=1S/C20H16ClN3O4/c21-15-8-6-14(7-9-15)16-12-17(18-4-3-11-27-18)24(22-16)19(25)13-28-20-5-1-2-10-23(20)26/h1-11,17H,12-13H2. The van der Waals surface area contributed by atoms with Crippen molar-refractivity contribution in [1.82, 2.24) is 5.01 Å². The number of nitrogens with zero attached hydrogens (tertiary/aromatic N) is 3. The second-order valence-electron chi connectivity index (χ2n) is 6.18. The third-order valence-electron chi connectivity index (χ3n) is 4.35. The quantitative estimate of drug-likeness (QED) is 0.488. The largest absolute Gasteiger partial charge is 0.616 e. The Morgan fingerprint density at radius 1 is 1.25 bits per heavy atom. The first-order valence-corrected chi connectivity index (χ1v) is 8.99. The lowest BCUT2D eigenvalue weighted by Crippen LogP contribution is -2.34. The van der Waals surface area contributed by atoms with Crippen LogP contribution in [0.4, 0.5) is 0 Å². The van der Waals surface area contributed by atoms with E-state index in [1.807, 2.05) is 12.1 Å². The molecule has 3 aromatic rings. The maximum absolute atomic E-state index is 12.8. The van der Waals surface area contributed by atoms with E-state index in [1.54, 1.807) is 42.7 Å². The molecule has 0 N–H and O–H groups in total. The molecule has 0 fully saturated rings. The number of aromatic nitrogens is 1. The van der Waals surface area contributed by atoms with Gasteiger partial charge in [0.1, 0.15) is 11.8 Å². The molecule has 0 spiro atoms. The molecule has 1 unspecified atom stereocenters. The van der Waals surface area contributed by atoms with Crippen molar-refractivity contribution in [1.29, 1.82) is 0 Å². The Morgan fingerprint density at radius 3 is 2.79 bits per heavy atom. The van der Waals surface area contributed by atoms with Gasteiger partial charge in [-0.3, -0.25) is 4.79 Å². The maximum atomic E-state index is 12.8. The summed E-state index contributed by atoms with van der Waals surface area (Å²) in [5, 5.41) is 18.1. The average molecular weight is 398 g/mol. The van der Waals surface area contributed by atoms with Crippen LogP contribution in [0.3, 0.4) is 0 Å². The van der Waals surface area contributed by atoms with Crippen molar-refractivity contribution in [3.05, 3.63) is 88.6 Å². The molecular formula is C20H16ClN3O4. The van der Waals surface area contributed by atoms with Gasteiger partial charge < -0.3 is 14.4 Å². The minimum atomic E-state index is -0.382. The van der Waals surface area contributed by atoms with Crippen molar-refractivity contribution in [3.8, 4) is 5.88 Å². The maximum Gasteiger partial charge on any atom is 0.379 e. The number of hydrazone groups is 1. The van der Waals surface area contributed by atoms with Crippen LogP contribution in [0, 0.1) is 5.21 Å². The van der Waals surface area contributed by atoms with Gasteiger partial charge in [0.05, 0.1) is 18.0 Å². The lowest BCUT2D eigenvalue weighted by molar-refractivity contribution is -0.612. The Labute approximate surface area is 166 Å². The molecule has 1 atom stereocenters. The van der Waals surface area contributed by atoms with Crippen molar-refractivity contribution in [2.24, 2.45) is 5.10 Å². The van der Waals surface area contributed by atoms with Crippen molar-refractivity contribution >= 4 is 23.2 Å². The van der Waals surface area contributed by atoms with Crippen LogP contribution in [0.25, 0.3) is 0 Å². The molecule has 142 valence electrons. The fourth-order valence-electron chi connectivity index (χ4n) is 2.99. The van der Waals surface area contributed by atoms with Gasteiger partial charge in [0.25, 0.3) is 5.91 Å². The number of hydrogen-bond acceptors (Lipinski definition) is 5. The molecule has 2 aromatic heterocycles. The van der Waals surface area contributed by atoms with Crippen LogP contribution in [0.2, 0.25) is 5.02 Å². The molecular weight excluding hydrogens is 382 g/mol. The monoisotopic (exact) mass is 397 g/mol. The van der Waals surface area contributed by atoms with E-state index in [0.717, 1.165) is 11.3 Å². The number of ether oxygens (including phenoxy) is 1. The summed E-state index contributed by atoms with van der Waals surface area (Å²) in [6, 6.07) is 15.2. The number of pyridine rings is 1. The number of halogens is 1. The second-order valence-corrected chi connectivity index (χ2v) is 6.62. The minimum Gasteiger partial charge on any atom is -0.616 e. The molecule has 3 heterocycles. The summed E-state index contributed by atoms with van der Waals surface area (Å²) in [5.41, 5.74) is 1.61. The van der Waals surface area contributed by atoms with Crippen molar-refractivity contribution < 1.29 is 18.7 Å². The summed E-state index contributed by atoms with van der Waals surface area (Å²) >= 11 is 5.96. The Kier molecular flexibility index (Phi) is 4.99. The van der Waals surface area contributed by atoms with E-state index in [-0.39, 0.29) is 24.4 Å². The predicted octanol–water partition coefficient (Wildman–Crippen LogP) is 3.32.